The van der Waals surface area contributed by atoms with Crippen LogP contribution in [0.25, 0.3) is 11.6 Å². The number of piperidine rings is 2. The van der Waals surface area contributed by atoms with Crippen molar-refractivity contribution in [3.63, 3.8) is 0 Å². The Hall–Kier alpha value is -5.40. The number of nitrogens with zero attached hydrogens (tertiary/aromatic N) is 4. The fourth-order valence-electron chi connectivity index (χ4n) is 9.16. The smallest absolute Gasteiger partial charge is 0.423 e. The third-order valence-corrected chi connectivity index (χ3v) is 12.7. The highest BCUT2D eigenvalue weighted by Gasteiger charge is 2.44. The van der Waals surface area contributed by atoms with Crippen molar-refractivity contribution in [2.24, 2.45) is 0 Å². The number of imide groups is 2. The van der Waals surface area contributed by atoms with Crippen molar-refractivity contribution in [2.45, 2.75) is 56.9 Å². The molecule has 304 valence electrons. The second kappa shape index (κ2) is 17.8. The van der Waals surface area contributed by atoms with E-state index in [-0.39, 0.29) is 24.7 Å². The van der Waals surface area contributed by atoms with Gasteiger partial charge >= 0.3 is 7.12 Å². The zero-order valence-electron chi connectivity index (χ0n) is 33.6. The topological polar surface area (TPSA) is 134 Å². The molecule has 2 atom stereocenters. The number of carbonyl (C=O) groups is 4. The van der Waals surface area contributed by atoms with Gasteiger partial charge in [-0.05, 0) is 109 Å². The van der Waals surface area contributed by atoms with Crippen molar-refractivity contribution in [1.29, 1.82) is 0 Å². The normalized spacial score (nSPS) is 20.2. The Kier molecular flexibility index (Phi) is 12.2. The summed E-state index contributed by atoms with van der Waals surface area (Å²) in [7, 11) is -1.48. The highest BCUT2D eigenvalue weighted by Crippen LogP contribution is 2.35. The summed E-state index contributed by atoms with van der Waals surface area (Å²) in [6.45, 7) is 10.0. The van der Waals surface area contributed by atoms with Crippen LogP contribution in [0.1, 0.15) is 93.8 Å². The number of piperazine rings is 1. The quantitative estimate of drug-likeness (QED) is 0.108. The third-order valence-electron chi connectivity index (χ3n) is 12.7. The minimum absolute atomic E-state index is 0.101. The number of anilines is 1. The lowest BCUT2D eigenvalue weighted by Crippen LogP contribution is -2.54. The minimum atomic E-state index is -1.48. The maximum Gasteiger partial charge on any atom is 0.488 e. The maximum absolute atomic E-state index is 13.3. The van der Waals surface area contributed by atoms with Crippen molar-refractivity contribution in [3.05, 3.63) is 130 Å². The molecule has 0 aromatic heterocycles. The van der Waals surface area contributed by atoms with E-state index in [1.54, 1.807) is 24.3 Å². The first-order valence-electron chi connectivity index (χ1n) is 21.0. The van der Waals surface area contributed by atoms with E-state index in [0.717, 1.165) is 93.3 Å². The van der Waals surface area contributed by atoms with Crippen LogP contribution in [-0.2, 0) is 9.59 Å². The predicted octanol–water partition coefficient (Wildman–Crippen LogP) is 4.50. The van der Waals surface area contributed by atoms with Crippen LogP contribution >= 0.6 is 0 Å². The molecule has 0 aliphatic carbocycles. The van der Waals surface area contributed by atoms with Crippen molar-refractivity contribution in [2.75, 3.05) is 57.3 Å². The Labute approximate surface area is 346 Å². The van der Waals surface area contributed by atoms with Gasteiger partial charge in [0.25, 0.3) is 11.8 Å². The van der Waals surface area contributed by atoms with Crippen LogP contribution in [0.15, 0.2) is 97.1 Å². The van der Waals surface area contributed by atoms with Gasteiger partial charge in [-0.3, -0.25) is 34.3 Å². The number of nitrogens with one attached hydrogen (secondary N) is 1. The average molecular weight is 794 g/mol. The molecule has 4 aromatic rings. The number of likely N-dealkylation sites (tertiary alicyclic amines) is 1. The number of carbonyl (C=O) groups excluding carboxylic acids is 4. The SMILES string of the molecule is CC(/C(=C/c1ccc(C2CCN(CCCN3CCN(c4ccc5c(c4)C(=O)N(C4CCC(=O)NC4=O)C5=O)CC3)CC2)cc1)c1ccccc1)c1ccc(B(O)O)cc1. The lowest BCUT2D eigenvalue weighted by Gasteiger charge is -2.37. The number of allylic oxidation sites excluding steroid dienone is 1. The van der Waals surface area contributed by atoms with E-state index in [4.69, 9.17) is 0 Å². The Morgan fingerprint density at radius 1 is 0.763 bits per heavy atom. The second-order valence-corrected chi connectivity index (χ2v) is 16.4. The second-order valence-electron chi connectivity index (χ2n) is 16.4. The molecule has 3 saturated heterocycles. The standard InChI is InChI=1S/C47H52BN5O6/c1-32(34-12-14-38(15-13-34)48(58)59)41(37-6-3-2-4-7-37)30-33-8-10-35(11-9-33)36-20-24-50(25-21-36)22-5-23-51-26-28-52(29-27-51)39-16-17-40-42(31-39)47(57)53(46(40)56)43-18-19-44(54)49-45(43)55/h2-4,6-17,30-32,36,43,58-59H,5,18-29H2,1H3,(H,49,54,55)/b41-30-. The van der Waals surface area contributed by atoms with Gasteiger partial charge in [-0.2, -0.15) is 0 Å². The number of rotatable bonds is 12. The van der Waals surface area contributed by atoms with Crippen LogP contribution in [0.2, 0.25) is 0 Å². The third kappa shape index (κ3) is 8.96. The molecule has 0 radical (unpaired) electrons. The monoisotopic (exact) mass is 793 g/mol. The largest absolute Gasteiger partial charge is 0.488 e. The molecule has 4 heterocycles. The van der Waals surface area contributed by atoms with Crippen LogP contribution in [0.5, 0.6) is 0 Å². The van der Waals surface area contributed by atoms with Crippen LogP contribution in [-0.4, -0.2) is 114 Å². The molecular weight excluding hydrogens is 741 g/mol. The predicted molar refractivity (Wildman–Crippen MR) is 230 cm³/mol. The van der Waals surface area contributed by atoms with Gasteiger partial charge in [0.2, 0.25) is 11.8 Å². The minimum Gasteiger partial charge on any atom is -0.423 e. The molecule has 4 amide bonds. The molecule has 0 bridgehead atoms. The highest BCUT2D eigenvalue weighted by molar-refractivity contribution is 6.58. The number of hydrogen-bond acceptors (Lipinski definition) is 9. The molecule has 4 aliphatic rings. The molecule has 2 unspecified atom stereocenters. The van der Waals surface area contributed by atoms with Crippen LogP contribution in [0.3, 0.4) is 0 Å². The summed E-state index contributed by atoms with van der Waals surface area (Å²) in [6.07, 6.45) is 5.95. The maximum atomic E-state index is 13.3. The first kappa shape index (κ1) is 40.4. The summed E-state index contributed by atoms with van der Waals surface area (Å²) in [6, 6.07) is 31.4. The summed E-state index contributed by atoms with van der Waals surface area (Å²) >= 11 is 0. The Bertz CT molecular complexity index is 2200. The molecule has 4 aromatic carbocycles. The van der Waals surface area contributed by atoms with E-state index < -0.39 is 30.9 Å². The van der Waals surface area contributed by atoms with Crippen LogP contribution in [0.4, 0.5) is 5.69 Å². The number of hydrogen-bond donors (Lipinski definition) is 3. The summed E-state index contributed by atoms with van der Waals surface area (Å²) in [4.78, 5) is 58.9. The summed E-state index contributed by atoms with van der Waals surface area (Å²) in [5.41, 5.74) is 8.08. The summed E-state index contributed by atoms with van der Waals surface area (Å²) in [5, 5.41) is 21.4. The fourth-order valence-corrected chi connectivity index (χ4v) is 9.16. The van der Waals surface area contributed by atoms with E-state index in [1.165, 1.54) is 16.7 Å². The molecule has 12 heteroatoms. The molecule has 0 spiro atoms. The Morgan fingerprint density at radius 2 is 1.42 bits per heavy atom. The fraction of sp³-hybridized carbons (Fsp3) is 0.362. The van der Waals surface area contributed by atoms with E-state index >= 15 is 0 Å². The van der Waals surface area contributed by atoms with Gasteiger partial charge in [-0.15, -0.1) is 0 Å². The van der Waals surface area contributed by atoms with E-state index in [0.29, 0.717) is 22.5 Å². The molecule has 3 fully saturated rings. The molecule has 4 aliphatic heterocycles. The highest BCUT2D eigenvalue weighted by atomic mass is 16.4. The van der Waals surface area contributed by atoms with Crippen molar-refractivity contribution >= 4 is 53.5 Å². The lowest BCUT2D eigenvalue weighted by atomic mass is 9.78. The number of fused-ring (bicyclic) bond motifs is 1. The van der Waals surface area contributed by atoms with Crippen molar-refractivity contribution in [1.82, 2.24) is 20.0 Å². The number of amides is 4. The first-order chi connectivity index (χ1) is 28.6. The Balaban J connectivity index is 0.791. The summed E-state index contributed by atoms with van der Waals surface area (Å²) in [5.74, 6) is -1.27. The van der Waals surface area contributed by atoms with Gasteiger partial charge in [-0.1, -0.05) is 91.9 Å². The molecule has 59 heavy (non-hydrogen) atoms. The molecule has 11 nitrogen and oxygen atoms in total. The van der Waals surface area contributed by atoms with Crippen LogP contribution in [0, 0.1) is 0 Å². The molecule has 3 N–H and O–H groups in total. The van der Waals surface area contributed by atoms with Gasteiger partial charge in [0.15, 0.2) is 0 Å². The van der Waals surface area contributed by atoms with Gasteiger partial charge < -0.3 is 19.8 Å². The molecular formula is C47H52BN5O6. The molecule has 0 saturated carbocycles. The molecule has 8 rings (SSSR count). The zero-order valence-corrected chi connectivity index (χ0v) is 33.6. The number of benzene rings is 4. The van der Waals surface area contributed by atoms with Gasteiger partial charge in [0.1, 0.15) is 6.04 Å². The summed E-state index contributed by atoms with van der Waals surface area (Å²) < 4.78 is 0. The van der Waals surface area contributed by atoms with Crippen LogP contribution < -0.4 is 15.7 Å². The zero-order chi connectivity index (χ0) is 41.0. The van der Waals surface area contributed by atoms with E-state index in [1.807, 2.05) is 24.3 Å². The van der Waals surface area contributed by atoms with Gasteiger partial charge in [0.05, 0.1) is 11.1 Å². The van der Waals surface area contributed by atoms with E-state index in [9.17, 15) is 29.2 Å². The Morgan fingerprint density at radius 3 is 2.08 bits per heavy atom. The van der Waals surface area contributed by atoms with E-state index in [2.05, 4.69) is 81.5 Å². The lowest BCUT2D eigenvalue weighted by molar-refractivity contribution is -0.136. The van der Waals surface area contributed by atoms with Gasteiger partial charge in [0, 0.05) is 44.2 Å². The first-order valence-corrected chi connectivity index (χ1v) is 21.0. The van der Waals surface area contributed by atoms with Gasteiger partial charge in [-0.25, -0.2) is 0 Å². The van der Waals surface area contributed by atoms with Crippen molar-refractivity contribution < 1.29 is 29.2 Å². The van der Waals surface area contributed by atoms with Crippen molar-refractivity contribution in [3.8, 4) is 0 Å². The average Bonchev–Trinajstić information content (AvgIpc) is 3.51.